The van der Waals surface area contributed by atoms with Gasteiger partial charge in [-0.25, -0.2) is 4.39 Å². The zero-order valence-electron chi connectivity index (χ0n) is 11.6. The number of nitrogens with zero attached hydrogens (tertiary/aromatic N) is 1. The molecule has 1 aliphatic carbocycles. The van der Waals surface area contributed by atoms with Crippen molar-refractivity contribution >= 4 is 0 Å². The molecule has 104 valence electrons. The van der Waals surface area contributed by atoms with Crippen LogP contribution in [0.2, 0.25) is 0 Å². The first kappa shape index (κ1) is 13.3. The molecule has 1 fully saturated rings. The normalized spacial score (nSPS) is 21.5. The van der Waals surface area contributed by atoms with E-state index in [1.807, 2.05) is 24.5 Å². The van der Waals surface area contributed by atoms with Crippen LogP contribution >= 0.6 is 0 Å². The lowest BCUT2D eigenvalue weighted by Crippen LogP contribution is -2.40. The second kappa shape index (κ2) is 5.71. The maximum Gasteiger partial charge on any atom is 0.126 e. The second-order valence-corrected chi connectivity index (χ2v) is 5.57. The summed E-state index contributed by atoms with van der Waals surface area (Å²) in [5, 5.41) is 3.55. The molecule has 0 unspecified atom stereocenters. The Bertz CT molecular complexity index is 588. The fourth-order valence-corrected chi connectivity index (χ4v) is 2.80. The van der Waals surface area contributed by atoms with Crippen LogP contribution in [-0.2, 0) is 6.54 Å². The first-order valence-corrected chi connectivity index (χ1v) is 7.11. The Morgan fingerprint density at radius 2 is 2.05 bits per heavy atom. The average Bonchev–Trinajstić information content (AvgIpc) is 2.41. The van der Waals surface area contributed by atoms with E-state index in [-0.39, 0.29) is 5.82 Å². The molecule has 1 aromatic carbocycles. The van der Waals surface area contributed by atoms with Crippen LogP contribution < -0.4 is 5.32 Å². The van der Waals surface area contributed by atoms with Crippen molar-refractivity contribution in [1.82, 2.24) is 10.3 Å². The van der Waals surface area contributed by atoms with Gasteiger partial charge in [0.15, 0.2) is 0 Å². The third-order valence-electron chi connectivity index (χ3n) is 4.20. The number of aromatic nitrogens is 1. The maximum atomic E-state index is 13.7. The van der Waals surface area contributed by atoms with E-state index < -0.39 is 0 Å². The summed E-state index contributed by atoms with van der Waals surface area (Å²) in [6, 6.07) is 9.67. The van der Waals surface area contributed by atoms with Gasteiger partial charge in [-0.15, -0.1) is 0 Å². The molecule has 20 heavy (non-hydrogen) atoms. The number of aryl methyl sites for hydroxylation is 1. The van der Waals surface area contributed by atoms with Crippen LogP contribution in [0.3, 0.4) is 0 Å². The molecule has 1 saturated carbocycles. The second-order valence-electron chi connectivity index (χ2n) is 5.57. The minimum atomic E-state index is -0.0686. The molecule has 1 N–H and O–H groups in total. The molecule has 2 nitrogen and oxygen atoms in total. The molecule has 3 rings (SSSR count). The van der Waals surface area contributed by atoms with Crippen LogP contribution in [0, 0.1) is 12.7 Å². The largest absolute Gasteiger partial charge is 0.310 e. The number of hydrogen-bond donors (Lipinski definition) is 1. The van der Waals surface area contributed by atoms with Crippen molar-refractivity contribution < 1.29 is 4.39 Å². The van der Waals surface area contributed by atoms with E-state index in [0.29, 0.717) is 12.0 Å². The number of benzene rings is 1. The van der Waals surface area contributed by atoms with E-state index in [0.717, 1.165) is 24.9 Å². The molecule has 1 aliphatic rings. The summed E-state index contributed by atoms with van der Waals surface area (Å²) >= 11 is 0. The van der Waals surface area contributed by atoms with Gasteiger partial charge >= 0.3 is 0 Å². The van der Waals surface area contributed by atoms with Gasteiger partial charge in [-0.2, -0.15) is 0 Å². The Morgan fingerprint density at radius 3 is 2.80 bits per heavy atom. The Morgan fingerprint density at radius 1 is 1.25 bits per heavy atom. The number of pyridine rings is 1. The zero-order chi connectivity index (χ0) is 13.9. The summed E-state index contributed by atoms with van der Waals surface area (Å²) in [6.45, 7) is 2.94. The van der Waals surface area contributed by atoms with E-state index >= 15 is 0 Å². The third kappa shape index (κ3) is 2.73. The van der Waals surface area contributed by atoms with Crippen molar-refractivity contribution in [2.45, 2.75) is 38.3 Å². The molecule has 0 spiro atoms. The van der Waals surface area contributed by atoms with E-state index in [2.05, 4.69) is 23.3 Å². The highest BCUT2D eigenvalue weighted by molar-refractivity contribution is 5.25. The maximum absolute atomic E-state index is 13.7. The number of halogens is 1. The third-order valence-corrected chi connectivity index (χ3v) is 4.20. The van der Waals surface area contributed by atoms with Gasteiger partial charge in [0.2, 0.25) is 0 Å². The van der Waals surface area contributed by atoms with Crippen molar-refractivity contribution in [3.63, 3.8) is 0 Å². The summed E-state index contributed by atoms with van der Waals surface area (Å²) in [4.78, 5) is 4.10. The quantitative estimate of drug-likeness (QED) is 0.918. The average molecular weight is 270 g/mol. The van der Waals surface area contributed by atoms with Crippen molar-refractivity contribution in [1.29, 1.82) is 0 Å². The summed E-state index contributed by atoms with van der Waals surface area (Å²) in [5.41, 5.74) is 3.37. The molecule has 0 radical (unpaired) electrons. The van der Waals surface area contributed by atoms with Gasteiger partial charge in [0, 0.05) is 25.0 Å². The van der Waals surface area contributed by atoms with Gasteiger partial charge in [0.05, 0.1) is 0 Å². The fourth-order valence-electron chi connectivity index (χ4n) is 2.80. The van der Waals surface area contributed by atoms with E-state index in [4.69, 9.17) is 0 Å². The molecular formula is C17H19FN2. The number of nitrogens with one attached hydrogen (secondary N) is 1. The van der Waals surface area contributed by atoms with E-state index in [1.54, 1.807) is 12.1 Å². The number of hydrogen-bond acceptors (Lipinski definition) is 2. The van der Waals surface area contributed by atoms with Crippen LogP contribution in [0.1, 0.15) is 35.4 Å². The molecular weight excluding hydrogens is 251 g/mol. The van der Waals surface area contributed by atoms with Crippen molar-refractivity contribution in [3.05, 3.63) is 65.2 Å². The number of rotatable bonds is 4. The monoisotopic (exact) mass is 270 g/mol. The first-order chi connectivity index (χ1) is 9.74. The van der Waals surface area contributed by atoms with E-state index in [1.165, 1.54) is 11.1 Å². The topological polar surface area (TPSA) is 24.9 Å². The molecule has 0 saturated heterocycles. The summed E-state index contributed by atoms with van der Waals surface area (Å²) in [5.74, 6) is 0.299. The van der Waals surface area contributed by atoms with E-state index in [9.17, 15) is 4.39 Å². The smallest absolute Gasteiger partial charge is 0.126 e. The van der Waals surface area contributed by atoms with Crippen molar-refractivity contribution in [2.24, 2.45) is 0 Å². The minimum Gasteiger partial charge on any atom is -0.310 e. The van der Waals surface area contributed by atoms with Gasteiger partial charge in [0.1, 0.15) is 5.82 Å². The Labute approximate surface area is 119 Å². The summed E-state index contributed by atoms with van der Waals surface area (Å²) in [7, 11) is 0. The molecule has 0 bridgehead atoms. The Hall–Kier alpha value is -1.74. The van der Waals surface area contributed by atoms with Crippen molar-refractivity contribution in [2.75, 3.05) is 0 Å². The predicted octanol–water partition coefficient (Wildman–Crippen LogP) is 3.56. The lowest BCUT2D eigenvalue weighted by Gasteiger charge is -2.36. The first-order valence-electron chi connectivity index (χ1n) is 7.11. The molecule has 3 heteroatoms. The SMILES string of the molecule is Cc1cnccc1CNC1CC(c2ccccc2F)C1. The molecule has 0 amide bonds. The highest BCUT2D eigenvalue weighted by Crippen LogP contribution is 2.38. The molecule has 2 aromatic rings. The predicted molar refractivity (Wildman–Crippen MR) is 78.0 cm³/mol. The molecule has 1 heterocycles. The van der Waals surface area contributed by atoms with Crippen molar-refractivity contribution in [3.8, 4) is 0 Å². The van der Waals surface area contributed by atoms with Gasteiger partial charge in [-0.05, 0) is 54.5 Å². The lowest BCUT2D eigenvalue weighted by atomic mass is 9.75. The standard InChI is InChI=1S/C17H19FN2/c1-12-10-19-7-6-13(12)11-20-15-8-14(9-15)16-4-2-3-5-17(16)18/h2-7,10,14-15,20H,8-9,11H2,1H3. The van der Waals surface area contributed by atoms with Crippen LogP contribution in [0.4, 0.5) is 4.39 Å². The Kier molecular flexibility index (Phi) is 3.79. The molecule has 1 aromatic heterocycles. The van der Waals surface area contributed by atoms with Crippen LogP contribution in [-0.4, -0.2) is 11.0 Å². The van der Waals surface area contributed by atoms with Crippen LogP contribution in [0.25, 0.3) is 0 Å². The van der Waals surface area contributed by atoms with Gasteiger partial charge in [0.25, 0.3) is 0 Å². The molecule has 0 aliphatic heterocycles. The van der Waals surface area contributed by atoms with Crippen LogP contribution in [0.5, 0.6) is 0 Å². The van der Waals surface area contributed by atoms with Gasteiger partial charge < -0.3 is 5.32 Å². The zero-order valence-corrected chi connectivity index (χ0v) is 11.6. The highest BCUT2D eigenvalue weighted by Gasteiger charge is 2.31. The minimum absolute atomic E-state index is 0.0686. The fraction of sp³-hybridized carbons (Fsp3) is 0.353. The van der Waals surface area contributed by atoms with Gasteiger partial charge in [-0.3, -0.25) is 4.98 Å². The summed E-state index contributed by atoms with van der Waals surface area (Å²) < 4.78 is 13.7. The van der Waals surface area contributed by atoms with Crippen LogP contribution in [0.15, 0.2) is 42.7 Å². The highest BCUT2D eigenvalue weighted by atomic mass is 19.1. The lowest BCUT2D eigenvalue weighted by molar-refractivity contribution is 0.284. The molecule has 0 atom stereocenters. The Balaban J connectivity index is 1.52. The summed E-state index contributed by atoms with van der Waals surface area (Å²) in [6.07, 6.45) is 5.75. The van der Waals surface area contributed by atoms with Gasteiger partial charge in [-0.1, -0.05) is 18.2 Å².